The van der Waals surface area contributed by atoms with Gasteiger partial charge < -0.3 is 0 Å². The van der Waals surface area contributed by atoms with Crippen LogP contribution in [0.2, 0.25) is 0 Å². The highest BCUT2D eigenvalue weighted by atomic mass is 32.2. The molecule has 0 spiro atoms. The molecule has 0 fully saturated rings. The summed E-state index contributed by atoms with van der Waals surface area (Å²) < 4.78 is 22.9. The fourth-order valence-corrected chi connectivity index (χ4v) is 2.62. The molecule has 1 aromatic rings. The molecule has 3 nitrogen and oxygen atoms in total. The molecule has 4 heteroatoms. The normalized spacial score (nSPS) is 19.8. The van der Waals surface area contributed by atoms with Crippen LogP contribution in [0.5, 0.6) is 0 Å². The predicted molar refractivity (Wildman–Crippen MR) is 51.6 cm³/mol. The Bertz CT molecular complexity index is 434. The van der Waals surface area contributed by atoms with Gasteiger partial charge in [-0.05, 0) is 0 Å². The van der Waals surface area contributed by atoms with E-state index in [1.54, 1.807) is 12.1 Å². The van der Waals surface area contributed by atoms with Crippen LogP contribution in [0.3, 0.4) is 0 Å². The Balaban J connectivity index is 2.50. The Morgan fingerprint density at radius 1 is 1.15 bits per heavy atom. The number of nitrogens with zero attached hydrogens (tertiary/aromatic N) is 1. The van der Waals surface area contributed by atoms with Crippen LogP contribution < -0.4 is 0 Å². The molecule has 0 unspecified atom stereocenters. The average Bonchev–Trinajstić information content (AvgIpc) is 2.47. The third-order valence-corrected chi connectivity index (χ3v) is 3.60. The van der Waals surface area contributed by atoms with Gasteiger partial charge in [-0.15, -0.1) is 0 Å². The summed E-state index contributed by atoms with van der Waals surface area (Å²) in [7, 11) is -3.09. The molecule has 2 rings (SSSR count). The number of hydrogen-bond acceptors (Lipinski definition) is 3. The summed E-state index contributed by atoms with van der Waals surface area (Å²) in [4.78, 5) is 3.99. The lowest BCUT2D eigenvalue weighted by atomic mass is 10.2. The van der Waals surface area contributed by atoms with Gasteiger partial charge in [0, 0.05) is 5.56 Å². The monoisotopic (exact) mass is 195 g/mol. The van der Waals surface area contributed by atoms with E-state index < -0.39 is 9.84 Å². The van der Waals surface area contributed by atoms with E-state index in [0.717, 1.165) is 0 Å². The van der Waals surface area contributed by atoms with Crippen LogP contribution >= 0.6 is 0 Å². The van der Waals surface area contributed by atoms with E-state index in [1.807, 2.05) is 18.2 Å². The summed E-state index contributed by atoms with van der Waals surface area (Å²) in [6, 6.07) is 9.01. The maximum atomic E-state index is 11.4. The lowest BCUT2D eigenvalue weighted by Gasteiger charge is -1.98. The van der Waals surface area contributed by atoms with E-state index in [-0.39, 0.29) is 10.8 Å². The van der Waals surface area contributed by atoms with Crippen molar-refractivity contribution >= 4 is 14.9 Å². The lowest BCUT2D eigenvalue weighted by molar-refractivity contribution is 0.609. The number of benzene rings is 1. The Morgan fingerprint density at radius 3 is 2.38 bits per heavy atom. The average molecular weight is 195 g/mol. The van der Waals surface area contributed by atoms with Gasteiger partial charge in [-0.2, -0.15) is 0 Å². The van der Waals surface area contributed by atoms with Crippen LogP contribution in [-0.2, 0) is 9.84 Å². The van der Waals surface area contributed by atoms with E-state index in [1.165, 1.54) is 0 Å². The van der Waals surface area contributed by atoms with Gasteiger partial charge >= 0.3 is 0 Å². The number of rotatable bonds is 1. The summed E-state index contributed by atoms with van der Waals surface area (Å²) in [5.74, 6) is 0.150. The number of hydrogen-bond donors (Lipinski definition) is 0. The zero-order valence-electron chi connectivity index (χ0n) is 6.97. The first-order chi connectivity index (χ1) is 6.20. The quantitative estimate of drug-likeness (QED) is 0.667. The SMILES string of the molecule is O=S1(=O)CCN=C1c1ccccc1. The third-order valence-electron chi connectivity index (χ3n) is 1.93. The molecule has 13 heavy (non-hydrogen) atoms. The summed E-state index contributed by atoms with van der Waals surface area (Å²) >= 11 is 0. The van der Waals surface area contributed by atoms with Crippen LogP contribution in [0, 0.1) is 0 Å². The van der Waals surface area contributed by atoms with Crippen LogP contribution in [0.4, 0.5) is 0 Å². The predicted octanol–water partition coefficient (Wildman–Crippen LogP) is 0.862. The molecule has 0 bridgehead atoms. The zero-order valence-corrected chi connectivity index (χ0v) is 7.79. The zero-order chi connectivity index (χ0) is 9.31. The minimum atomic E-state index is -3.09. The molecule has 0 aromatic heterocycles. The van der Waals surface area contributed by atoms with Gasteiger partial charge in [0.15, 0.2) is 14.9 Å². The number of aliphatic imine (C=N–C) groups is 1. The van der Waals surface area contributed by atoms with Gasteiger partial charge in [-0.25, -0.2) is 8.42 Å². The molecule has 68 valence electrons. The summed E-state index contributed by atoms with van der Waals surface area (Å²) in [5.41, 5.74) is 0.694. The highest BCUT2D eigenvalue weighted by Gasteiger charge is 2.25. The van der Waals surface area contributed by atoms with Crippen molar-refractivity contribution in [2.75, 3.05) is 12.3 Å². The maximum absolute atomic E-state index is 11.4. The molecule has 0 amide bonds. The minimum absolute atomic E-state index is 0.150. The molecular weight excluding hydrogens is 186 g/mol. The van der Waals surface area contributed by atoms with Crippen molar-refractivity contribution in [1.29, 1.82) is 0 Å². The molecule has 0 N–H and O–H groups in total. The van der Waals surface area contributed by atoms with Crippen LogP contribution in [0.1, 0.15) is 5.56 Å². The minimum Gasteiger partial charge on any atom is -0.272 e. The highest BCUT2D eigenvalue weighted by Crippen LogP contribution is 2.12. The van der Waals surface area contributed by atoms with E-state index in [9.17, 15) is 8.42 Å². The first-order valence-electron chi connectivity index (χ1n) is 4.03. The molecule has 1 heterocycles. The Labute approximate surface area is 77.0 Å². The highest BCUT2D eigenvalue weighted by molar-refractivity contribution is 8.07. The Kier molecular flexibility index (Phi) is 1.92. The molecule has 0 saturated carbocycles. The Morgan fingerprint density at radius 2 is 1.85 bits per heavy atom. The van der Waals surface area contributed by atoms with Gasteiger partial charge in [0.05, 0.1) is 12.3 Å². The molecule has 1 aromatic carbocycles. The fourth-order valence-electron chi connectivity index (χ4n) is 1.31. The van der Waals surface area contributed by atoms with Crippen LogP contribution in [0.15, 0.2) is 35.3 Å². The van der Waals surface area contributed by atoms with Gasteiger partial charge in [-0.1, -0.05) is 30.3 Å². The number of sulfone groups is 1. The molecule has 1 aliphatic rings. The maximum Gasteiger partial charge on any atom is 0.197 e. The smallest absolute Gasteiger partial charge is 0.197 e. The third kappa shape index (κ3) is 1.49. The van der Waals surface area contributed by atoms with Crippen LogP contribution in [0.25, 0.3) is 0 Å². The van der Waals surface area contributed by atoms with E-state index >= 15 is 0 Å². The second kappa shape index (κ2) is 2.96. The van der Waals surface area contributed by atoms with Gasteiger partial charge in [0.25, 0.3) is 0 Å². The summed E-state index contributed by atoms with van der Waals surface area (Å²) in [6.45, 7) is 0.395. The van der Waals surface area contributed by atoms with Crippen molar-refractivity contribution in [2.45, 2.75) is 0 Å². The first-order valence-corrected chi connectivity index (χ1v) is 5.68. The van der Waals surface area contributed by atoms with Crippen molar-refractivity contribution in [3.63, 3.8) is 0 Å². The van der Waals surface area contributed by atoms with Crippen molar-refractivity contribution in [3.8, 4) is 0 Å². The summed E-state index contributed by atoms with van der Waals surface area (Å²) in [5, 5.41) is 0.244. The van der Waals surface area contributed by atoms with E-state index in [2.05, 4.69) is 4.99 Å². The van der Waals surface area contributed by atoms with Crippen molar-refractivity contribution in [2.24, 2.45) is 4.99 Å². The topological polar surface area (TPSA) is 46.5 Å². The Hall–Kier alpha value is -1.16. The molecular formula is C9H9NO2S. The van der Waals surface area contributed by atoms with Crippen molar-refractivity contribution in [3.05, 3.63) is 35.9 Å². The summed E-state index contributed by atoms with van der Waals surface area (Å²) in [6.07, 6.45) is 0. The van der Waals surface area contributed by atoms with Gasteiger partial charge in [-0.3, -0.25) is 4.99 Å². The van der Waals surface area contributed by atoms with Crippen molar-refractivity contribution in [1.82, 2.24) is 0 Å². The lowest BCUT2D eigenvalue weighted by Crippen LogP contribution is -2.13. The second-order valence-corrected chi connectivity index (χ2v) is 4.90. The first kappa shape index (κ1) is 8.44. The molecule has 0 atom stereocenters. The standard InChI is InChI=1S/C9H9NO2S/c11-13(12)7-6-10-9(13)8-4-2-1-3-5-8/h1-5H,6-7H2. The molecule has 1 aliphatic heterocycles. The fraction of sp³-hybridized carbons (Fsp3) is 0.222. The molecule has 0 radical (unpaired) electrons. The van der Waals surface area contributed by atoms with Gasteiger partial charge in [0.2, 0.25) is 0 Å². The second-order valence-electron chi connectivity index (χ2n) is 2.87. The van der Waals surface area contributed by atoms with Gasteiger partial charge in [0.1, 0.15) is 0 Å². The van der Waals surface area contributed by atoms with E-state index in [0.29, 0.717) is 12.1 Å². The van der Waals surface area contributed by atoms with Crippen LogP contribution in [-0.4, -0.2) is 25.8 Å². The largest absolute Gasteiger partial charge is 0.272 e. The molecule has 0 aliphatic carbocycles. The van der Waals surface area contributed by atoms with E-state index in [4.69, 9.17) is 0 Å². The molecule has 0 saturated heterocycles. The van der Waals surface area contributed by atoms with Crippen molar-refractivity contribution < 1.29 is 8.42 Å².